The van der Waals surface area contributed by atoms with Gasteiger partial charge in [0.15, 0.2) is 0 Å². The molecule has 0 amide bonds. The Morgan fingerprint density at radius 2 is 2.00 bits per heavy atom. The molecule has 2 N–H and O–H groups in total. The normalized spacial score (nSPS) is 24.4. The SMILES string of the molecule is Cc1cc(CC(C)N)ccc1N(C)C1CCCCC1C. The van der Waals surface area contributed by atoms with Gasteiger partial charge in [-0.05, 0) is 56.2 Å². The summed E-state index contributed by atoms with van der Waals surface area (Å²) in [6.07, 6.45) is 6.44. The van der Waals surface area contributed by atoms with E-state index in [4.69, 9.17) is 5.73 Å². The van der Waals surface area contributed by atoms with Crippen molar-refractivity contribution in [1.29, 1.82) is 0 Å². The first-order valence-corrected chi connectivity index (χ1v) is 8.07. The molecule has 0 saturated heterocycles. The molecular weight excluding hydrogens is 244 g/mol. The van der Waals surface area contributed by atoms with Crippen molar-refractivity contribution < 1.29 is 0 Å². The van der Waals surface area contributed by atoms with Crippen LogP contribution >= 0.6 is 0 Å². The Kier molecular flexibility index (Phi) is 5.09. The van der Waals surface area contributed by atoms with E-state index < -0.39 is 0 Å². The zero-order chi connectivity index (χ0) is 14.7. The second kappa shape index (κ2) is 6.62. The van der Waals surface area contributed by atoms with Gasteiger partial charge >= 0.3 is 0 Å². The van der Waals surface area contributed by atoms with Gasteiger partial charge in [-0.25, -0.2) is 0 Å². The molecule has 1 saturated carbocycles. The van der Waals surface area contributed by atoms with E-state index in [0.29, 0.717) is 6.04 Å². The van der Waals surface area contributed by atoms with Gasteiger partial charge in [0.25, 0.3) is 0 Å². The van der Waals surface area contributed by atoms with Gasteiger partial charge in [-0.3, -0.25) is 0 Å². The predicted molar refractivity (Wildman–Crippen MR) is 88.4 cm³/mol. The summed E-state index contributed by atoms with van der Waals surface area (Å²) in [4.78, 5) is 2.51. The van der Waals surface area contributed by atoms with Crippen LogP contribution in [0.3, 0.4) is 0 Å². The molecule has 0 bridgehead atoms. The summed E-state index contributed by atoms with van der Waals surface area (Å²) in [5.74, 6) is 0.803. The number of rotatable bonds is 4. The van der Waals surface area contributed by atoms with Crippen molar-refractivity contribution in [2.75, 3.05) is 11.9 Å². The van der Waals surface area contributed by atoms with Gasteiger partial charge in [0, 0.05) is 24.8 Å². The number of nitrogens with zero attached hydrogens (tertiary/aromatic N) is 1. The van der Waals surface area contributed by atoms with Crippen LogP contribution in [0.4, 0.5) is 5.69 Å². The minimum absolute atomic E-state index is 0.233. The fourth-order valence-electron chi connectivity index (χ4n) is 3.66. The van der Waals surface area contributed by atoms with Crippen molar-refractivity contribution in [2.24, 2.45) is 11.7 Å². The topological polar surface area (TPSA) is 29.3 Å². The van der Waals surface area contributed by atoms with Crippen LogP contribution < -0.4 is 10.6 Å². The average molecular weight is 274 g/mol. The molecule has 0 radical (unpaired) electrons. The average Bonchev–Trinajstić information content (AvgIpc) is 2.38. The Hall–Kier alpha value is -1.02. The summed E-state index contributed by atoms with van der Waals surface area (Å²) in [6.45, 7) is 6.70. The van der Waals surface area contributed by atoms with Crippen LogP contribution in [-0.4, -0.2) is 19.1 Å². The maximum absolute atomic E-state index is 5.90. The fraction of sp³-hybridized carbons (Fsp3) is 0.667. The van der Waals surface area contributed by atoms with Crippen LogP contribution in [0.1, 0.15) is 50.7 Å². The quantitative estimate of drug-likeness (QED) is 0.902. The highest BCUT2D eigenvalue weighted by atomic mass is 15.1. The highest BCUT2D eigenvalue weighted by molar-refractivity contribution is 5.55. The molecule has 2 rings (SSSR count). The largest absolute Gasteiger partial charge is 0.371 e. The third kappa shape index (κ3) is 3.54. The number of hydrogen-bond acceptors (Lipinski definition) is 2. The Bertz CT molecular complexity index is 439. The van der Waals surface area contributed by atoms with Crippen LogP contribution in [0, 0.1) is 12.8 Å². The minimum atomic E-state index is 0.233. The molecule has 2 heteroatoms. The molecule has 1 aliphatic carbocycles. The molecule has 0 heterocycles. The molecule has 1 aromatic rings. The monoisotopic (exact) mass is 274 g/mol. The number of aryl methyl sites for hydroxylation is 1. The van der Waals surface area contributed by atoms with Gasteiger partial charge in [0.2, 0.25) is 0 Å². The van der Waals surface area contributed by atoms with Crippen LogP contribution in [0.25, 0.3) is 0 Å². The molecule has 3 atom stereocenters. The standard InChI is InChI=1S/C18H30N2/c1-13-7-5-6-8-17(13)20(4)18-10-9-16(11-14(18)2)12-15(3)19/h9-11,13,15,17H,5-8,12,19H2,1-4H3. The molecular formula is C18H30N2. The Morgan fingerprint density at radius 3 is 2.60 bits per heavy atom. The molecule has 20 heavy (non-hydrogen) atoms. The molecule has 0 aliphatic heterocycles. The summed E-state index contributed by atoms with van der Waals surface area (Å²) >= 11 is 0. The van der Waals surface area contributed by atoms with Crippen molar-refractivity contribution in [2.45, 2.75) is 65.0 Å². The van der Waals surface area contributed by atoms with Crippen LogP contribution in [-0.2, 0) is 6.42 Å². The van der Waals surface area contributed by atoms with E-state index in [1.54, 1.807) is 0 Å². The Labute approximate surface area is 124 Å². The molecule has 1 aromatic carbocycles. The lowest BCUT2D eigenvalue weighted by molar-refractivity contribution is 0.321. The highest BCUT2D eigenvalue weighted by Gasteiger charge is 2.25. The third-order valence-corrected chi connectivity index (χ3v) is 4.76. The fourth-order valence-corrected chi connectivity index (χ4v) is 3.66. The maximum Gasteiger partial charge on any atom is 0.0396 e. The second-order valence-corrected chi connectivity index (χ2v) is 6.74. The van der Waals surface area contributed by atoms with E-state index in [-0.39, 0.29) is 6.04 Å². The molecule has 0 aromatic heterocycles. The summed E-state index contributed by atoms with van der Waals surface area (Å²) in [7, 11) is 2.26. The van der Waals surface area contributed by atoms with E-state index >= 15 is 0 Å². The smallest absolute Gasteiger partial charge is 0.0396 e. The molecule has 2 nitrogen and oxygen atoms in total. The molecule has 1 aliphatic rings. The van der Waals surface area contributed by atoms with E-state index in [1.165, 1.54) is 42.5 Å². The third-order valence-electron chi connectivity index (χ3n) is 4.76. The van der Waals surface area contributed by atoms with Crippen molar-refractivity contribution >= 4 is 5.69 Å². The summed E-state index contributed by atoms with van der Waals surface area (Å²) < 4.78 is 0. The first-order valence-electron chi connectivity index (χ1n) is 8.07. The highest BCUT2D eigenvalue weighted by Crippen LogP contribution is 2.32. The molecule has 1 fully saturated rings. The zero-order valence-electron chi connectivity index (χ0n) is 13.5. The predicted octanol–water partition coefficient (Wildman–Crippen LogP) is 3.90. The van der Waals surface area contributed by atoms with Crippen molar-refractivity contribution in [1.82, 2.24) is 0 Å². The van der Waals surface area contributed by atoms with E-state index in [2.05, 4.69) is 50.9 Å². The van der Waals surface area contributed by atoms with Crippen LogP contribution in [0.15, 0.2) is 18.2 Å². The first kappa shape index (κ1) is 15.4. The molecule has 3 unspecified atom stereocenters. The number of nitrogens with two attached hydrogens (primary N) is 1. The first-order chi connectivity index (χ1) is 9.49. The summed E-state index contributed by atoms with van der Waals surface area (Å²) in [5.41, 5.74) is 10.0. The van der Waals surface area contributed by atoms with Crippen LogP contribution in [0.2, 0.25) is 0 Å². The lowest BCUT2D eigenvalue weighted by atomic mass is 9.84. The number of hydrogen-bond donors (Lipinski definition) is 1. The van der Waals surface area contributed by atoms with Crippen molar-refractivity contribution in [3.63, 3.8) is 0 Å². The number of anilines is 1. The second-order valence-electron chi connectivity index (χ2n) is 6.74. The van der Waals surface area contributed by atoms with Crippen LogP contribution in [0.5, 0.6) is 0 Å². The lowest BCUT2D eigenvalue weighted by Crippen LogP contribution is -2.39. The number of benzene rings is 1. The van der Waals surface area contributed by atoms with E-state index in [1.807, 2.05) is 0 Å². The van der Waals surface area contributed by atoms with Gasteiger partial charge < -0.3 is 10.6 Å². The summed E-state index contributed by atoms with van der Waals surface area (Å²) in [6, 6.07) is 7.77. The maximum atomic E-state index is 5.90. The zero-order valence-corrected chi connectivity index (χ0v) is 13.5. The van der Waals surface area contributed by atoms with Gasteiger partial charge in [0.05, 0.1) is 0 Å². The molecule has 0 spiro atoms. The summed E-state index contributed by atoms with van der Waals surface area (Å²) in [5, 5.41) is 0. The van der Waals surface area contributed by atoms with Gasteiger partial charge in [0.1, 0.15) is 0 Å². The van der Waals surface area contributed by atoms with Crippen molar-refractivity contribution in [3.8, 4) is 0 Å². The van der Waals surface area contributed by atoms with Crippen molar-refractivity contribution in [3.05, 3.63) is 29.3 Å². The molecule has 112 valence electrons. The Balaban J connectivity index is 2.15. The van der Waals surface area contributed by atoms with Gasteiger partial charge in [-0.15, -0.1) is 0 Å². The van der Waals surface area contributed by atoms with Gasteiger partial charge in [-0.1, -0.05) is 31.9 Å². The van der Waals surface area contributed by atoms with Gasteiger partial charge in [-0.2, -0.15) is 0 Å². The lowest BCUT2D eigenvalue weighted by Gasteiger charge is -2.38. The van der Waals surface area contributed by atoms with E-state index in [9.17, 15) is 0 Å². The van der Waals surface area contributed by atoms with E-state index in [0.717, 1.165) is 12.3 Å². The minimum Gasteiger partial charge on any atom is -0.371 e. The Morgan fingerprint density at radius 1 is 1.30 bits per heavy atom.